The molecule has 1 heterocycles. The van der Waals surface area contributed by atoms with E-state index in [0.717, 1.165) is 0 Å². The van der Waals surface area contributed by atoms with Crippen LogP contribution in [0.2, 0.25) is 5.02 Å². The van der Waals surface area contributed by atoms with Crippen LogP contribution < -0.4 is 9.47 Å². The second-order valence-corrected chi connectivity index (χ2v) is 6.19. The van der Waals surface area contributed by atoms with Crippen LogP contribution in [0, 0.1) is 6.92 Å². The average molecular weight is 385 g/mol. The summed E-state index contributed by atoms with van der Waals surface area (Å²) in [7, 11) is 0. The molecule has 0 radical (unpaired) electrons. The number of benzene rings is 2. The zero-order valence-corrected chi connectivity index (χ0v) is 15.4. The van der Waals surface area contributed by atoms with Gasteiger partial charge in [-0.2, -0.15) is 0 Å². The van der Waals surface area contributed by atoms with Gasteiger partial charge in [0.1, 0.15) is 18.1 Å². The van der Waals surface area contributed by atoms with Crippen LogP contribution in [0.25, 0.3) is 6.08 Å². The monoisotopic (exact) mass is 384 g/mol. The van der Waals surface area contributed by atoms with Crippen molar-refractivity contribution >= 4 is 29.4 Å². The van der Waals surface area contributed by atoms with Gasteiger partial charge in [0.25, 0.3) is 0 Å². The molecular formula is C21H17ClO5. The van der Waals surface area contributed by atoms with Crippen LogP contribution >= 0.6 is 11.6 Å². The number of Topliss-reactive ketones (excluding diaryl/α,β-unsaturated/α-hetero) is 1. The maximum atomic E-state index is 12.6. The molecule has 3 rings (SSSR count). The van der Waals surface area contributed by atoms with E-state index >= 15 is 0 Å². The lowest BCUT2D eigenvalue weighted by Crippen LogP contribution is -2.15. The number of carbonyl (C=O) groups excluding carboxylic acids is 2. The molecule has 27 heavy (non-hydrogen) atoms. The third-order valence-electron chi connectivity index (χ3n) is 3.94. The van der Waals surface area contributed by atoms with E-state index in [-0.39, 0.29) is 24.8 Å². The summed E-state index contributed by atoms with van der Waals surface area (Å²) in [4.78, 5) is 24.2. The molecule has 0 aromatic heterocycles. The molecule has 0 fully saturated rings. The fourth-order valence-corrected chi connectivity index (χ4v) is 2.78. The Labute approximate surface area is 161 Å². The first-order valence-electron chi connectivity index (χ1n) is 8.23. The van der Waals surface area contributed by atoms with Crippen molar-refractivity contribution in [3.8, 4) is 11.5 Å². The van der Waals surface area contributed by atoms with Gasteiger partial charge in [0.05, 0.1) is 5.56 Å². The highest BCUT2D eigenvalue weighted by Gasteiger charge is 2.30. The molecule has 0 atom stereocenters. The summed E-state index contributed by atoms with van der Waals surface area (Å²) < 4.78 is 16.1. The lowest BCUT2D eigenvalue weighted by atomic mass is 10.1. The fourth-order valence-electron chi connectivity index (χ4n) is 2.59. The number of fused-ring (bicyclic) bond motifs is 1. The molecule has 6 heteroatoms. The van der Waals surface area contributed by atoms with Crippen molar-refractivity contribution in [1.82, 2.24) is 0 Å². The Morgan fingerprint density at radius 2 is 2.04 bits per heavy atom. The Balaban J connectivity index is 1.80. The van der Waals surface area contributed by atoms with Crippen LogP contribution in [0.5, 0.6) is 11.5 Å². The van der Waals surface area contributed by atoms with E-state index in [1.807, 2.05) is 12.1 Å². The lowest BCUT2D eigenvalue weighted by molar-refractivity contribution is -0.144. The second kappa shape index (κ2) is 8.10. The van der Waals surface area contributed by atoms with Gasteiger partial charge in [-0.05, 0) is 36.8 Å². The minimum Gasteiger partial charge on any atom is -0.481 e. The summed E-state index contributed by atoms with van der Waals surface area (Å²) in [5, 5.41) is 0.524. The van der Waals surface area contributed by atoms with Crippen molar-refractivity contribution in [1.29, 1.82) is 0 Å². The van der Waals surface area contributed by atoms with Gasteiger partial charge in [-0.25, -0.2) is 4.79 Å². The molecule has 0 unspecified atom stereocenters. The summed E-state index contributed by atoms with van der Waals surface area (Å²) in [6.07, 6.45) is 3.09. The number of esters is 1. The van der Waals surface area contributed by atoms with Crippen molar-refractivity contribution in [2.75, 3.05) is 13.2 Å². The van der Waals surface area contributed by atoms with E-state index in [2.05, 4.69) is 6.58 Å². The number of carbonyl (C=O) groups is 2. The largest absolute Gasteiger partial charge is 0.481 e. The highest BCUT2D eigenvalue weighted by atomic mass is 35.5. The van der Waals surface area contributed by atoms with Crippen LogP contribution in [0.1, 0.15) is 21.5 Å². The molecule has 0 N–H and O–H groups in total. The lowest BCUT2D eigenvalue weighted by Gasteiger charge is -2.11. The molecule has 0 bridgehead atoms. The van der Waals surface area contributed by atoms with E-state index < -0.39 is 5.97 Å². The Kier molecular flexibility index (Phi) is 5.62. The average Bonchev–Trinajstić information content (AvgIpc) is 2.98. The molecule has 2 aromatic carbocycles. The molecular weight excluding hydrogens is 368 g/mol. The van der Waals surface area contributed by atoms with Gasteiger partial charge in [0.15, 0.2) is 12.4 Å². The second-order valence-electron chi connectivity index (χ2n) is 5.79. The van der Waals surface area contributed by atoms with Gasteiger partial charge in [-0.15, -0.1) is 0 Å². The number of ketones is 1. The summed E-state index contributed by atoms with van der Waals surface area (Å²) in [5.41, 5.74) is 1.75. The Morgan fingerprint density at radius 1 is 1.26 bits per heavy atom. The Bertz CT molecular complexity index is 946. The third kappa shape index (κ3) is 4.04. The summed E-state index contributed by atoms with van der Waals surface area (Å²) in [6.45, 7) is 5.11. The maximum absolute atomic E-state index is 12.6. The van der Waals surface area contributed by atoms with Gasteiger partial charge in [0.2, 0.25) is 5.78 Å². The Morgan fingerprint density at radius 3 is 2.78 bits per heavy atom. The number of allylic oxidation sites excluding steroid dienone is 1. The summed E-state index contributed by atoms with van der Waals surface area (Å²) in [5.74, 6) is 0.297. The molecule has 0 amide bonds. The first-order chi connectivity index (χ1) is 13.0. The predicted octanol–water partition coefficient (Wildman–Crippen LogP) is 4.37. The number of hydrogen-bond donors (Lipinski definition) is 0. The molecule has 0 aliphatic carbocycles. The summed E-state index contributed by atoms with van der Waals surface area (Å²) >= 11 is 6.14. The van der Waals surface area contributed by atoms with Crippen molar-refractivity contribution < 1.29 is 23.8 Å². The van der Waals surface area contributed by atoms with Crippen LogP contribution in [-0.2, 0) is 9.53 Å². The topological polar surface area (TPSA) is 61.8 Å². The smallest absolute Gasteiger partial charge is 0.344 e. The highest BCUT2D eigenvalue weighted by molar-refractivity contribution is 6.32. The predicted molar refractivity (Wildman–Crippen MR) is 102 cm³/mol. The number of hydrogen-bond acceptors (Lipinski definition) is 5. The van der Waals surface area contributed by atoms with Gasteiger partial charge < -0.3 is 14.2 Å². The molecule has 1 aliphatic rings. The van der Waals surface area contributed by atoms with Gasteiger partial charge in [0, 0.05) is 10.6 Å². The van der Waals surface area contributed by atoms with E-state index in [1.165, 1.54) is 6.08 Å². The van der Waals surface area contributed by atoms with Crippen molar-refractivity contribution in [3.05, 3.63) is 76.5 Å². The van der Waals surface area contributed by atoms with E-state index in [1.54, 1.807) is 37.3 Å². The number of rotatable bonds is 6. The number of ether oxygens (including phenoxy) is 3. The van der Waals surface area contributed by atoms with E-state index in [4.69, 9.17) is 25.8 Å². The SMILES string of the molecule is C=CCOC(=O)COc1ccc2c(c1C)O/C(=C\c1ccccc1Cl)C2=O. The normalized spacial score (nSPS) is 13.9. The zero-order chi connectivity index (χ0) is 19.4. The van der Waals surface area contributed by atoms with Crippen molar-refractivity contribution in [2.24, 2.45) is 0 Å². The van der Waals surface area contributed by atoms with Crippen LogP contribution in [0.15, 0.2) is 54.8 Å². The molecule has 2 aromatic rings. The standard InChI is InChI=1S/C21H17ClO5/c1-3-10-25-19(23)12-26-17-9-8-15-20(24)18(27-21(15)13(17)2)11-14-6-4-5-7-16(14)22/h3-9,11H,1,10,12H2,2H3/b18-11-. The van der Waals surface area contributed by atoms with Crippen molar-refractivity contribution in [2.45, 2.75) is 6.92 Å². The minimum atomic E-state index is -0.508. The maximum Gasteiger partial charge on any atom is 0.344 e. The molecule has 0 saturated carbocycles. The summed E-state index contributed by atoms with van der Waals surface area (Å²) in [6, 6.07) is 10.4. The van der Waals surface area contributed by atoms with Crippen LogP contribution in [-0.4, -0.2) is 25.0 Å². The minimum absolute atomic E-state index is 0.124. The quantitative estimate of drug-likeness (QED) is 0.420. The highest BCUT2D eigenvalue weighted by Crippen LogP contribution is 2.39. The van der Waals surface area contributed by atoms with Gasteiger partial charge >= 0.3 is 5.97 Å². The third-order valence-corrected chi connectivity index (χ3v) is 4.28. The molecule has 0 spiro atoms. The Hall–Kier alpha value is -3.05. The molecule has 138 valence electrons. The first-order valence-corrected chi connectivity index (χ1v) is 8.60. The van der Waals surface area contributed by atoms with E-state index in [9.17, 15) is 9.59 Å². The van der Waals surface area contributed by atoms with Gasteiger partial charge in [-0.3, -0.25) is 4.79 Å². The molecule has 1 aliphatic heterocycles. The first kappa shape index (κ1) is 18.7. The van der Waals surface area contributed by atoms with Gasteiger partial charge in [-0.1, -0.05) is 42.5 Å². The molecule has 0 saturated heterocycles. The molecule has 5 nitrogen and oxygen atoms in total. The number of halogens is 1. The fraction of sp³-hybridized carbons (Fsp3) is 0.143. The van der Waals surface area contributed by atoms with E-state index in [0.29, 0.717) is 33.2 Å². The van der Waals surface area contributed by atoms with Crippen LogP contribution in [0.3, 0.4) is 0 Å². The van der Waals surface area contributed by atoms with Crippen LogP contribution in [0.4, 0.5) is 0 Å². The zero-order valence-electron chi connectivity index (χ0n) is 14.7. The van der Waals surface area contributed by atoms with Crippen molar-refractivity contribution in [3.63, 3.8) is 0 Å².